The number of nitrogen functional groups attached to an aromatic ring is 1. The van der Waals surface area contributed by atoms with E-state index in [-0.39, 0.29) is 29.3 Å². The van der Waals surface area contributed by atoms with Crippen LogP contribution in [0, 0.1) is 5.82 Å². The smallest absolute Gasteiger partial charge is 0.345 e. The summed E-state index contributed by atoms with van der Waals surface area (Å²) in [7, 11) is 0. The molecule has 33 heavy (non-hydrogen) atoms. The summed E-state index contributed by atoms with van der Waals surface area (Å²) in [6.07, 6.45) is 4.96. The topological polar surface area (TPSA) is 78.9 Å². The van der Waals surface area contributed by atoms with Crippen molar-refractivity contribution in [2.24, 2.45) is 0 Å². The summed E-state index contributed by atoms with van der Waals surface area (Å²) in [6, 6.07) is 5.65. The van der Waals surface area contributed by atoms with Gasteiger partial charge in [-0.1, -0.05) is 29.3 Å². The van der Waals surface area contributed by atoms with Crippen molar-refractivity contribution in [3.8, 4) is 21.6 Å². The minimum atomic E-state index is -2.89. The number of aromatic nitrogens is 4. The predicted molar refractivity (Wildman–Crippen MR) is 122 cm³/mol. The minimum absolute atomic E-state index is 0.0592. The minimum Gasteiger partial charge on any atom is -0.398 e. The maximum Gasteiger partial charge on any atom is 0.345 e. The van der Waals surface area contributed by atoms with Crippen LogP contribution in [-0.4, -0.2) is 33.0 Å². The number of alkyl halides is 2. The van der Waals surface area contributed by atoms with Crippen molar-refractivity contribution in [1.29, 1.82) is 0 Å². The molecule has 0 saturated heterocycles. The van der Waals surface area contributed by atoms with Crippen LogP contribution in [-0.2, 0) is 4.74 Å². The third-order valence-corrected chi connectivity index (χ3v) is 6.45. The number of ether oxygens (including phenoxy) is 1. The average Bonchev–Trinajstić information content (AvgIpc) is 3.43. The van der Waals surface area contributed by atoms with Crippen molar-refractivity contribution in [3.05, 3.63) is 70.1 Å². The summed E-state index contributed by atoms with van der Waals surface area (Å²) in [5.74, 6) is -0.647. The zero-order valence-corrected chi connectivity index (χ0v) is 19.1. The predicted octanol–water partition coefficient (Wildman–Crippen LogP) is 6.32. The largest absolute Gasteiger partial charge is 0.398 e. The lowest BCUT2D eigenvalue weighted by Crippen LogP contribution is -2.16. The highest BCUT2D eigenvalue weighted by atomic mass is 35.5. The van der Waals surface area contributed by atoms with E-state index < -0.39 is 18.5 Å². The molecule has 172 valence electrons. The number of pyridine rings is 1. The Morgan fingerprint density at radius 1 is 1.09 bits per heavy atom. The summed E-state index contributed by atoms with van der Waals surface area (Å²) in [4.78, 5) is 9.18. The van der Waals surface area contributed by atoms with Gasteiger partial charge in [-0.25, -0.2) is 9.37 Å². The van der Waals surface area contributed by atoms with Gasteiger partial charge in [-0.2, -0.15) is 13.9 Å². The summed E-state index contributed by atoms with van der Waals surface area (Å²) in [6.45, 7) is -3.11. The molecule has 6 nitrogen and oxygen atoms in total. The molecular formula is C21H16Cl2F3N5OS. The van der Waals surface area contributed by atoms with Crippen LogP contribution in [0.1, 0.15) is 18.2 Å². The van der Waals surface area contributed by atoms with E-state index in [1.165, 1.54) is 29.7 Å². The Morgan fingerprint density at radius 2 is 1.91 bits per heavy atom. The van der Waals surface area contributed by atoms with E-state index in [0.29, 0.717) is 16.4 Å². The number of rotatable bonds is 8. The van der Waals surface area contributed by atoms with Gasteiger partial charge in [0.15, 0.2) is 5.82 Å². The third-order valence-electron chi connectivity index (χ3n) is 4.89. The average molecular weight is 514 g/mol. The molecule has 0 amide bonds. The summed E-state index contributed by atoms with van der Waals surface area (Å²) < 4.78 is 45.6. The molecule has 0 fully saturated rings. The van der Waals surface area contributed by atoms with Crippen molar-refractivity contribution in [2.45, 2.75) is 19.1 Å². The molecule has 3 aromatic heterocycles. The van der Waals surface area contributed by atoms with E-state index in [4.69, 9.17) is 28.9 Å². The van der Waals surface area contributed by atoms with Crippen LogP contribution in [0.4, 0.5) is 18.9 Å². The number of thiazole rings is 1. The van der Waals surface area contributed by atoms with Crippen LogP contribution >= 0.6 is 34.5 Å². The van der Waals surface area contributed by atoms with E-state index in [1.54, 1.807) is 34.7 Å². The van der Waals surface area contributed by atoms with Gasteiger partial charge in [0.05, 0.1) is 39.9 Å². The molecule has 0 saturated carbocycles. The summed E-state index contributed by atoms with van der Waals surface area (Å²) >= 11 is 13.3. The summed E-state index contributed by atoms with van der Waals surface area (Å²) in [5.41, 5.74) is 9.57. The second-order valence-corrected chi connectivity index (χ2v) is 8.53. The van der Waals surface area contributed by atoms with E-state index in [2.05, 4.69) is 19.8 Å². The second-order valence-electron chi connectivity index (χ2n) is 6.91. The van der Waals surface area contributed by atoms with Crippen molar-refractivity contribution in [1.82, 2.24) is 19.7 Å². The molecule has 0 aliphatic carbocycles. The van der Waals surface area contributed by atoms with E-state index >= 15 is 0 Å². The maximum absolute atomic E-state index is 14.5. The molecule has 1 atom stereocenters. The Kier molecular flexibility index (Phi) is 7.18. The molecule has 3 heterocycles. The highest BCUT2D eigenvalue weighted by molar-refractivity contribution is 7.13. The van der Waals surface area contributed by atoms with Crippen LogP contribution in [0.3, 0.4) is 0 Å². The van der Waals surface area contributed by atoms with Crippen LogP contribution in [0.5, 0.6) is 0 Å². The fourth-order valence-electron chi connectivity index (χ4n) is 3.34. The molecule has 0 radical (unpaired) electrons. The zero-order valence-electron chi connectivity index (χ0n) is 16.8. The quantitative estimate of drug-likeness (QED) is 0.279. The highest BCUT2D eigenvalue weighted by Gasteiger charge is 2.20. The van der Waals surface area contributed by atoms with Gasteiger partial charge in [0, 0.05) is 34.8 Å². The molecular weight excluding hydrogens is 498 g/mol. The molecule has 1 unspecified atom stereocenters. The van der Waals surface area contributed by atoms with Crippen LogP contribution in [0.2, 0.25) is 10.2 Å². The number of hydrogen-bond acceptors (Lipinski definition) is 6. The van der Waals surface area contributed by atoms with Gasteiger partial charge in [-0.15, -0.1) is 11.3 Å². The van der Waals surface area contributed by atoms with Crippen LogP contribution in [0.15, 0.2) is 48.4 Å². The van der Waals surface area contributed by atoms with Gasteiger partial charge in [0.25, 0.3) is 0 Å². The molecule has 12 heteroatoms. The van der Waals surface area contributed by atoms with Crippen LogP contribution < -0.4 is 5.73 Å². The van der Waals surface area contributed by atoms with E-state index in [9.17, 15) is 13.2 Å². The monoisotopic (exact) mass is 513 g/mol. The second kappa shape index (κ2) is 10.1. The number of hydrogen-bond donors (Lipinski definition) is 1. The number of nitrogens with two attached hydrogens (primary N) is 1. The number of benzene rings is 1. The van der Waals surface area contributed by atoms with Gasteiger partial charge in [-0.05, 0) is 24.6 Å². The summed E-state index contributed by atoms with van der Waals surface area (Å²) in [5, 5.41) is 4.65. The Bertz CT molecular complexity index is 1250. The van der Waals surface area contributed by atoms with Gasteiger partial charge in [0.2, 0.25) is 0 Å². The first-order valence-corrected chi connectivity index (χ1v) is 11.2. The molecule has 0 bridgehead atoms. The van der Waals surface area contributed by atoms with E-state index in [0.717, 1.165) is 10.4 Å². The van der Waals surface area contributed by atoms with Crippen molar-refractivity contribution in [3.63, 3.8) is 0 Å². The molecule has 1 aromatic carbocycles. The lowest BCUT2D eigenvalue weighted by molar-refractivity contribution is -0.130. The lowest BCUT2D eigenvalue weighted by Gasteiger charge is -2.18. The Balaban J connectivity index is 1.66. The Morgan fingerprint density at radius 3 is 2.58 bits per heavy atom. The van der Waals surface area contributed by atoms with Gasteiger partial charge >= 0.3 is 6.61 Å². The fraction of sp³-hybridized carbons (Fsp3) is 0.190. The molecule has 0 aliphatic heterocycles. The Labute approximate surface area is 200 Å². The van der Waals surface area contributed by atoms with Crippen molar-refractivity contribution >= 4 is 40.2 Å². The standard InChI is InChI=1S/C21H16Cl2F3N5OS/c22-13-2-3-14(27)17(18(13)24)11-1-4-15(28-7-11)16(5-6-32-21(25)26)31-9-12(8-30-31)19-20(23)29-10-33-19/h1-4,7-10,16,21H,5-6,27H2. The van der Waals surface area contributed by atoms with Crippen molar-refractivity contribution in [2.75, 3.05) is 12.3 Å². The SMILES string of the molecule is Nc1ccc(Cl)c(F)c1-c1ccc(C(CCOC(F)F)n2cc(-c3scnc3Cl)cn2)nc1. The first kappa shape index (κ1) is 23.5. The van der Waals surface area contributed by atoms with E-state index in [1.807, 2.05) is 0 Å². The highest BCUT2D eigenvalue weighted by Crippen LogP contribution is 2.34. The number of halogens is 5. The number of anilines is 1. The van der Waals surface area contributed by atoms with Crippen LogP contribution in [0.25, 0.3) is 21.6 Å². The van der Waals surface area contributed by atoms with Gasteiger partial charge in [-0.3, -0.25) is 9.67 Å². The molecule has 0 spiro atoms. The zero-order chi connectivity index (χ0) is 23.5. The first-order chi connectivity index (χ1) is 15.8. The molecule has 2 N–H and O–H groups in total. The first-order valence-electron chi connectivity index (χ1n) is 9.58. The molecule has 4 aromatic rings. The van der Waals surface area contributed by atoms with Gasteiger partial charge in [0.1, 0.15) is 5.15 Å². The fourth-order valence-corrected chi connectivity index (χ4v) is 4.50. The third kappa shape index (κ3) is 5.14. The number of nitrogens with zero attached hydrogens (tertiary/aromatic N) is 4. The lowest BCUT2D eigenvalue weighted by atomic mass is 10.0. The van der Waals surface area contributed by atoms with Gasteiger partial charge < -0.3 is 10.5 Å². The molecule has 4 rings (SSSR count). The van der Waals surface area contributed by atoms with Crippen molar-refractivity contribution < 1.29 is 17.9 Å². The Hall–Kier alpha value is -2.66. The normalized spacial score (nSPS) is 12.4. The molecule has 0 aliphatic rings. The maximum atomic E-state index is 14.5.